The molecule has 5 nitrogen and oxygen atoms in total. The topological polar surface area (TPSA) is 50.5 Å². The summed E-state index contributed by atoms with van der Waals surface area (Å²) in [7, 11) is 3.57. The van der Waals surface area contributed by atoms with Gasteiger partial charge in [0, 0.05) is 26.7 Å². The highest BCUT2D eigenvalue weighted by atomic mass is 79.9. The van der Waals surface area contributed by atoms with E-state index in [1.807, 2.05) is 18.7 Å². The number of hydrogen-bond donors (Lipinski definition) is 1. The molecule has 0 aromatic carbocycles. The van der Waals surface area contributed by atoms with Gasteiger partial charge >= 0.3 is 0 Å². The van der Waals surface area contributed by atoms with Crippen LogP contribution in [0.5, 0.6) is 0 Å². The maximum Gasteiger partial charge on any atom is 0.0900 e. The van der Waals surface area contributed by atoms with Gasteiger partial charge in [-0.15, -0.1) is 0 Å². The molecule has 0 spiro atoms. The second-order valence-electron chi connectivity index (χ2n) is 4.47. The Morgan fingerprint density at radius 2 is 2.22 bits per heavy atom. The van der Waals surface area contributed by atoms with Crippen LogP contribution in [0.15, 0.2) is 4.47 Å². The van der Waals surface area contributed by atoms with Gasteiger partial charge in [0.05, 0.1) is 28.6 Å². The Bertz CT molecular complexity index is 382. The number of ether oxygens (including phenoxy) is 1. The van der Waals surface area contributed by atoms with Crippen LogP contribution in [0, 0.1) is 6.92 Å². The van der Waals surface area contributed by atoms with E-state index < -0.39 is 6.10 Å². The van der Waals surface area contributed by atoms with Crippen LogP contribution >= 0.6 is 15.9 Å². The standard InChI is InChI=1S/C12H22BrN3O2/c1-5-16-11(12(13)9(2)14-16)7-15(3)6-10(17)8-18-4/h10,17H,5-8H2,1-4H3. The van der Waals surface area contributed by atoms with E-state index in [9.17, 15) is 5.11 Å². The molecule has 0 radical (unpaired) electrons. The predicted molar refractivity (Wildman–Crippen MR) is 74.6 cm³/mol. The molecule has 1 aromatic rings. The molecule has 0 fully saturated rings. The molecule has 1 atom stereocenters. The number of halogens is 1. The highest BCUT2D eigenvalue weighted by molar-refractivity contribution is 9.10. The SMILES string of the molecule is CCn1nc(C)c(Br)c1CN(C)CC(O)COC. The highest BCUT2D eigenvalue weighted by Gasteiger charge is 2.15. The number of hydrogen-bond acceptors (Lipinski definition) is 4. The molecular formula is C12H22BrN3O2. The molecule has 18 heavy (non-hydrogen) atoms. The maximum absolute atomic E-state index is 9.70. The second-order valence-corrected chi connectivity index (χ2v) is 5.26. The van der Waals surface area contributed by atoms with Crippen LogP contribution in [0.4, 0.5) is 0 Å². The molecule has 1 N–H and O–H groups in total. The quantitative estimate of drug-likeness (QED) is 0.825. The van der Waals surface area contributed by atoms with Crippen LogP contribution in [0.1, 0.15) is 18.3 Å². The zero-order chi connectivity index (χ0) is 13.7. The predicted octanol–water partition coefficient (Wildman–Crippen LogP) is 1.41. The Labute approximate surface area is 117 Å². The third-order valence-electron chi connectivity index (χ3n) is 2.75. The van der Waals surface area contributed by atoms with Gasteiger partial charge in [0.25, 0.3) is 0 Å². The molecule has 6 heteroatoms. The fourth-order valence-corrected chi connectivity index (χ4v) is 2.35. The lowest BCUT2D eigenvalue weighted by Gasteiger charge is -2.20. The number of nitrogens with zero attached hydrogens (tertiary/aromatic N) is 3. The van der Waals surface area contributed by atoms with Crippen LogP contribution in [-0.4, -0.2) is 53.2 Å². The fraction of sp³-hybridized carbons (Fsp3) is 0.750. The summed E-state index contributed by atoms with van der Waals surface area (Å²) in [6, 6.07) is 0. The molecule has 0 saturated heterocycles. The smallest absolute Gasteiger partial charge is 0.0900 e. The maximum atomic E-state index is 9.70. The number of aliphatic hydroxyl groups is 1. The first-order chi connectivity index (χ1) is 8.49. The molecule has 1 unspecified atom stereocenters. The molecule has 0 bridgehead atoms. The lowest BCUT2D eigenvalue weighted by molar-refractivity contribution is 0.0414. The third kappa shape index (κ3) is 4.05. The first-order valence-electron chi connectivity index (χ1n) is 6.06. The van der Waals surface area contributed by atoms with Crippen molar-refractivity contribution in [2.75, 3.05) is 27.3 Å². The van der Waals surface area contributed by atoms with Crippen molar-refractivity contribution >= 4 is 15.9 Å². The van der Waals surface area contributed by atoms with Crippen molar-refractivity contribution in [1.29, 1.82) is 0 Å². The molecule has 1 rings (SSSR count). The van der Waals surface area contributed by atoms with Gasteiger partial charge in [-0.3, -0.25) is 9.58 Å². The summed E-state index contributed by atoms with van der Waals surface area (Å²) in [6.45, 7) is 6.58. The summed E-state index contributed by atoms with van der Waals surface area (Å²) in [5.74, 6) is 0. The van der Waals surface area contributed by atoms with Crippen LogP contribution in [0.2, 0.25) is 0 Å². The van der Waals surface area contributed by atoms with Gasteiger partial charge in [-0.05, 0) is 36.8 Å². The van der Waals surface area contributed by atoms with E-state index in [0.29, 0.717) is 13.2 Å². The summed E-state index contributed by atoms with van der Waals surface area (Å²) in [6.07, 6.45) is -0.460. The van der Waals surface area contributed by atoms with Gasteiger partial charge in [0.1, 0.15) is 0 Å². The largest absolute Gasteiger partial charge is 0.389 e. The Morgan fingerprint density at radius 1 is 1.56 bits per heavy atom. The van der Waals surface area contributed by atoms with Crippen LogP contribution in [0.3, 0.4) is 0 Å². The summed E-state index contributed by atoms with van der Waals surface area (Å²) >= 11 is 3.57. The average Bonchev–Trinajstić information content (AvgIpc) is 2.57. The third-order valence-corrected chi connectivity index (χ3v) is 3.79. The first kappa shape index (κ1) is 15.6. The minimum absolute atomic E-state index is 0.359. The summed E-state index contributed by atoms with van der Waals surface area (Å²) in [5.41, 5.74) is 2.14. The van der Waals surface area contributed by atoms with Gasteiger partial charge in [-0.1, -0.05) is 0 Å². The zero-order valence-electron chi connectivity index (χ0n) is 11.5. The number of aliphatic hydroxyl groups excluding tert-OH is 1. The number of aromatic nitrogens is 2. The number of likely N-dealkylation sites (N-methyl/N-ethyl adjacent to an activating group) is 1. The molecular weight excluding hydrogens is 298 g/mol. The minimum Gasteiger partial charge on any atom is -0.389 e. The molecule has 104 valence electrons. The van der Waals surface area contributed by atoms with Crippen LogP contribution in [-0.2, 0) is 17.8 Å². The van der Waals surface area contributed by atoms with E-state index in [-0.39, 0.29) is 0 Å². The number of methoxy groups -OCH3 is 1. The number of aryl methyl sites for hydroxylation is 2. The highest BCUT2D eigenvalue weighted by Crippen LogP contribution is 2.22. The Kier molecular flexibility index (Phi) is 6.28. The lowest BCUT2D eigenvalue weighted by atomic mass is 10.3. The minimum atomic E-state index is -0.460. The fourth-order valence-electron chi connectivity index (χ4n) is 1.95. The molecule has 0 aliphatic heterocycles. The zero-order valence-corrected chi connectivity index (χ0v) is 13.1. The van der Waals surface area contributed by atoms with Gasteiger partial charge in [0.15, 0.2) is 0 Å². The summed E-state index contributed by atoms with van der Waals surface area (Å²) < 4.78 is 7.96. The molecule has 0 aliphatic rings. The van der Waals surface area contributed by atoms with Gasteiger partial charge in [-0.2, -0.15) is 5.10 Å². The van der Waals surface area contributed by atoms with E-state index in [1.54, 1.807) is 7.11 Å². The Balaban J connectivity index is 2.66. The average molecular weight is 320 g/mol. The Morgan fingerprint density at radius 3 is 2.78 bits per heavy atom. The van der Waals surface area contributed by atoms with Gasteiger partial charge < -0.3 is 9.84 Å². The van der Waals surface area contributed by atoms with E-state index in [4.69, 9.17) is 4.74 Å². The first-order valence-corrected chi connectivity index (χ1v) is 6.86. The summed E-state index contributed by atoms with van der Waals surface area (Å²) in [4.78, 5) is 2.07. The van der Waals surface area contributed by atoms with Gasteiger partial charge in [-0.25, -0.2) is 0 Å². The van der Waals surface area contributed by atoms with E-state index in [0.717, 1.165) is 29.0 Å². The molecule has 1 aromatic heterocycles. The van der Waals surface area contributed by atoms with Crippen molar-refractivity contribution in [3.05, 3.63) is 15.9 Å². The molecule has 0 saturated carbocycles. The van der Waals surface area contributed by atoms with Crippen molar-refractivity contribution in [2.45, 2.75) is 33.0 Å². The van der Waals surface area contributed by atoms with Crippen molar-refractivity contribution in [2.24, 2.45) is 0 Å². The van der Waals surface area contributed by atoms with Crippen LogP contribution < -0.4 is 0 Å². The van der Waals surface area contributed by atoms with Crippen molar-refractivity contribution < 1.29 is 9.84 Å². The van der Waals surface area contributed by atoms with Gasteiger partial charge in [0.2, 0.25) is 0 Å². The second kappa shape index (κ2) is 7.23. The van der Waals surface area contributed by atoms with Crippen molar-refractivity contribution in [3.63, 3.8) is 0 Å². The molecule has 0 aliphatic carbocycles. The normalized spacial score (nSPS) is 13.3. The summed E-state index contributed by atoms with van der Waals surface area (Å²) in [5, 5.41) is 14.2. The lowest BCUT2D eigenvalue weighted by Crippen LogP contribution is -2.32. The number of rotatable bonds is 7. The molecule has 0 amide bonds. The van der Waals surface area contributed by atoms with E-state index in [1.165, 1.54) is 0 Å². The van der Waals surface area contributed by atoms with Crippen molar-refractivity contribution in [3.8, 4) is 0 Å². The van der Waals surface area contributed by atoms with Crippen LogP contribution in [0.25, 0.3) is 0 Å². The monoisotopic (exact) mass is 319 g/mol. The van der Waals surface area contributed by atoms with E-state index in [2.05, 4.69) is 32.9 Å². The van der Waals surface area contributed by atoms with Crippen molar-refractivity contribution in [1.82, 2.24) is 14.7 Å². The van der Waals surface area contributed by atoms with E-state index >= 15 is 0 Å². The Hall–Kier alpha value is -0.430. The molecule has 1 heterocycles.